The van der Waals surface area contributed by atoms with E-state index in [1.807, 2.05) is 23.6 Å². The van der Waals surface area contributed by atoms with Crippen LogP contribution in [0.3, 0.4) is 0 Å². The largest absolute Gasteiger partial charge is 0.315 e. The topological polar surface area (TPSA) is 52.7 Å². The van der Waals surface area contributed by atoms with Crippen molar-refractivity contribution in [2.75, 3.05) is 5.75 Å². The van der Waals surface area contributed by atoms with Crippen molar-refractivity contribution in [2.45, 2.75) is 50.7 Å². The van der Waals surface area contributed by atoms with Gasteiger partial charge in [0.25, 0.3) is 5.56 Å². The Balaban J connectivity index is 1.74. The van der Waals surface area contributed by atoms with Crippen LogP contribution in [0.4, 0.5) is 0 Å². The van der Waals surface area contributed by atoms with Crippen LogP contribution in [0.2, 0.25) is 5.02 Å². The Bertz CT molecular complexity index is 990. The van der Waals surface area contributed by atoms with Gasteiger partial charge < -0.3 is 4.57 Å². The van der Waals surface area contributed by atoms with Crippen LogP contribution in [-0.2, 0) is 6.54 Å². The maximum absolute atomic E-state index is 13.2. The second kappa shape index (κ2) is 8.07. The Kier molecular flexibility index (Phi) is 5.55. The summed E-state index contributed by atoms with van der Waals surface area (Å²) in [7, 11) is 0. The zero-order chi connectivity index (χ0) is 18.8. The minimum atomic E-state index is -0.127. The van der Waals surface area contributed by atoms with E-state index in [0.29, 0.717) is 16.2 Å². The molecule has 27 heavy (non-hydrogen) atoms. The zero-order valence-electron chi connectivity index (χ0n) is 15.4. The molecule has 0 saturated heterocycles. The van der Waals surface area contributed by atoms with Gasteiger partial charge in [-0.25, -0.2) is 9.97 Å². The Morgan fingerprint density at radius 3 is 2.67 bits per heavy atom. The van der Waals surface area contributed by atoms with Gasteiger partial charge in [0.2, 0.25) is 0 Å². The van der Waals surface area contributed by atoms with Gasteiger partial charge in [-0.3, -0.25) is 9.36 Å². The number of hydrogen-bond donors (Lipinski definition) is 0. The number of nitrogens with zero attached hydrogens (tertiary/aromatic N) is 4. The third-order valence-electron chi connectivity index (χ3n) is 5.27. The molecular weight excluding hydrogens is 380 g/mol. The van der Waals surface area contributed by atoms with E-state index in [2.05, 4.69) is 4.98 Å². The highest BCUT2D eigenvalue weighted by atomic mass is 35.5. The average Bonchev–Trinajstić information content (AvgIpc) is 3.33. The van der Waals surface area contributed by atoms with Crippen LogP contribution in [0.25, 0.3) is 16.9 Å². The van der Waals surface area contributed by atoms with E-state index in [0.717, 1.165) is 29.1 Å². The van der Waals surface area contributed by atoms with Gasteiger partial charge in [0.15, 0.2) is 16.3 Å². The van der Waals surface area contributed by atoms with Crippen molar-refractivity contribution < 1.29 is 0 Å². The van der Waals surface area contributed by atoms with Crippen LogP contribution in [0, 0.1) is 5.92 Å². The van der Waals surface area contributed by atoms with E-state index in [4.69, 9.17) is 16.6 Å². The number of imidazole rings is 1. The van der Waals surface area contributed by atoms with Crippen LogP contribution in [0.15, 0.2) is 40.5 Å². The summed E-state index contributed by atoms with van der Waals surface area (Å²) in [5, 5.41) is 1.37. The third-order valence-corrected chi connectivity index (χ3v) is 6.49. The van der Waals surface area contributed by atoms with Crippen LogP contribution >= 0.6 is 23.4 Å². The molecule has 0 N–H and O–H groups in total. The van der Waals surface area contributed by atoms with Gasteiger partial charge in [-0.2, -0.15) is 0 Å². The molecule has 0 unspecified atom stereocenters. The number of aryl methyl sites for hydroxylation is 1. The highest BCUT2D eigenvalue weighted by molar-refractivity contribution is 7.99. The zero-order valence-corrected chi connectivity index (χ0v) is 17.0. The fourth-order valence-corrected chi connectivity index (χ4v) is 4.97. The van der Waals surface area contributed by atoms with Crippen molar-refractivity contribution in [3.05, 3.63) is 46.0 Å². The molecule has 1 aliphatic rings. The first kappa shape index (κ1) is 18.6. The van der Waals surface area contributed by atoms with Gasteiger partial charge in [-0.1, -0.05) is 49.0 Å². The molecule has 3 aromatic rings. The standard InChI is InChI=1S/C20H23ClN4OS/c1-2-24-13-22-17-18(24)23-20(27-12-11-14-5-3-4-6-14)25(19(17)26)16-9-7-15(21)8-10-16/h7-10,13-14H,2-6,11-12H2,1H3. The molecular formula is C20H23ClN4OS. The second-order valence-corrected chi connectivity index (χ2v) is 8.50. The van der Waals surface area contributed by atoms with Gasteiger partial charge >= 0.3 is 0 Å². The molecule has 0 amide bonds. The lowest BCUT2D eigenvalue weighted by Gasteiger charge is -2.13. The Morgan fingerprint density at radius 2 is 1.96 bits per heavy atom. The normalized spacial score (nSPS) is 15.0. The van der Waals surface area contributed by atoms with Crippen molar-refractivity contribution >= 4 is 34.5 Å². The monoisotopic (exact) mass is 402 g/mol. The van der Waals surface area contributed by atoms with E-state index in [9.17, 15) is 4.79 Å². The predicted molar refractivity (Wildman–Crippen MR) is 111 cm³/mol. The fraction of sp³-hybridized carbons (Fsp3) is 0.450. The Morgan fingerprint density at radius 1 is 1.22 bits per heavy atom. The van der Waals surface area contributed by atoms with E-state index in [1.165, 1.54) is 32.1 Å². The lowest BCUT2D eigenvalue weighted by atomic mass is 10.1. The molecule has 1 saturated carbocycles. The molecule has 7 heteroatoms. The Hall–Kier alpha value is -1.79. The van der Waals surface area contributed by atoms with E-state index >= 15 is 0 Å². The maximum atomic E-state index is 13.2. The van der Waals surface area contributed by atoms with Crippen LogP contribution in [0.5, 0.6) is 0 Å². The van der Waals surface area contributed by atoms with Crippen molar-refractivity contribution in [2.24, 2.45) is 5.92 Å². The molecule has 1 aromatic carbocycles. The smallest absolute Gasteiger partial charge is 0.286 e. The van der Waals surface area contributed by atoms with E-state index < -0.39 is 0 Å². The highest BCUT2D eigenvalue weighted by Crippen LogP contribution is 2.30. The number of rotatable bonds is 6. The molecule has 5 nitrogen and oxygen atoms in total. The predicted octanol–water partition coefficient (Wildman–Crippen LogP) is 4.93. The molecule has 4 rings (SSSR count). The molecule has 1 fully saturated rings. The van der Waals surface area contributed by atoms with Crippen molar-refractivity contribution in [3.63, 3.8) is 0 Å². The summed E-state index contributed by atoms with van der Waals surface area (Å²) in [6.45, 7) is 2.76. The molecule has 1 aliphatic carbocycles. The SMILES string of the molecule is CCn1cnc2c(=O)n(-c3ccc(Cl)cc3)c(SCCC3CCCC3)nc21. The molecule has 0 radical (unpaired) electrons. The second-order valence-electron chi connectivity index (χ2n) is 7.00. The first-order valence-electron chi connectivity index (χ1n) is 9.54. The number of aromatic nitrogens is 4. The molecule has 0 aliphatic heterocycles. The quantitative estimate of drug-likeness (QED) is 0.433. The number of halogens is 1. The molecule has 142 valence electrons. The summed E-state index contributed by atoms with van der Waals surface area (Å²) in [4.78, 5) is 22.3. The number of hydrogen-bond acceptors (Lipinski definition) is 4. The van der Waals surface area contributed by atoms with Gasteiger partial charge in [0.1, 0.15) is 0 Å². The lowest BCUT2D eigenvalue weighted by molar-refractivity contribution is 0.535. The van der Waals surface area contributed by atoms with E-state index in [-0.39, 0.29) is 5.56 Å². The van der Waals surface area contributed by atoms with Gasteiger partial charge in [-0.05, 0) is 43.5 Å². The van der Waals surface area contributed by atoms with Gasteiger partial charge in [-0.15, -0.1) is 0 Å². The molecule has 2 aromatic heterocycles. The number of fused-ring (bicyclic) bond motifs is 1. The summed E-state index contributed by atoms with van der Waals surface area (Å²) in [6.07, 6.45) is 8.24. The number of benzene rings is 1. The third kappa shape index (κ3) is 3.78. The molecule has 0 atom stereocenters. The summed E-state index contributed by atoms with van der Waals surface area (Å²) in [6, 6.07) is 7.31. The van der Waals surface area contributed by atoms with Gasteiger partial charge in [0, 0.05) is 17.3 Å². The van der Waals surface area contributed by atoms with Crippen molar-refractivity contribution in [1.29, 1.82) is 0 Å². The summed E-state index contributed by atoms with van der Waals surface area (Å²) < 4.78 is 3.59. The molecule has 0 bridgehead atoms. The summed E-state index contributed by atoms with van der Waals surface area (Å²) >= 11 is 7.69. The van der Waals surface area contributed by atoms with Crippen molar-refractivity contribution in [3.8, 4) is 5.69 Å². The number of thioether (sulfide) groups is 1. The molecule has 0 spiro atoms. The Labute approximate surface area is 167 Å². The van der Waals surface area contributed by atoms with E-state index in [1.54, 1.807) is 34.8 Å². The first-order chi connectivity index (χ1) is 13.2. The maximum Gasteiger partial charge on any atom is 0.286 e. The minimum Gasteiger partial charge on any atom is -0.315 e. The molecule has 2 heterocycles. The van der Waals surface area contributed by atoms with Gasteiger partial charge in [0.05, 0.1) is 12.0 Å². The minimum absolute atomic E-state index is 0.127. The summed E-state index contributed by atoms with van der Waals surface area (Å²) in [5.74, 6) is 1.79. The van der Waals surface area contributed by atoms with Crippen molar-refractivity contribution in [1.82, 2.24) is 19.1 Å². The van der Waals surface area contributed by atoms with Crippen LogP contribution in [-0.4, -0.2) is 24.9 Å². The van der Waals surface area contributed by atoms with Crippen LogP contribution in [0.1, 0.15) is 39.0 Å². The average molecular weight is 403 g/mol. The summed E-state index contributed by atoms with van der Waals surface area (Å²) in [5.41, 5.74) is 1.72. The van der Waals surface area contributed by atoms with Crippen LogP contribution < -0.4 is 5.56 Å². The fourth-order valence-electron chi connectivity index (χ4n) is 3.74. The highest BCUT2D eigenvalue weighted by Gasteiger charge is 2.19. The lowest BCUT2D eigenvalue weighted by Crippen LogP contribution is -2.22. The first-order valence-corrected chi connectivity index (χ1v) is 10.9.